The second-order valence-electron chi connectivity index (χ2n) is 5.74. The first-order valence-electron chi connectivity index (χ1n) is 7.19. The minimum atomic E-state index is -0.812. The van der Waals surface area contributed by atoms with Crippen molar-refractivity contribution in [3.8, 4) is 0 Å². The van der Waals surface area contributed by atoms with E-state index in [4.69, 9.17) is 5.11 Å². The molecule has 2 N–H and O–H groups in total. The van der Waals surface area contributed by atoms with Crippen molar-refractivity contribution in [3.05, 3.63) is 0 Å². The molecule has 4 nitrogen and oxygen atoms in total. The molecule has 18 heavy (non-hydrogen) atoms. The summed E-state index contributed by atoms with van der Waals surface area (Å²) in [7, 11) is 0. The summed E-state index contributed by atoms with van der Waals surface area (Å²) in [6.45, 7) is 0. The Morgan fingerprint density at radius 3 is 2.17 bits per heavy atom. The maximum absolute atomic E-state index is 12.2. The van der Waals surface area contributed by atoms with E-state index in [-0.39, 0.29) is 24.3 Å². The Morgan fingerprint density at radius 2 is 1.67 bits per heavy atom. The average molecular weight is 253 g/mol. The Morgan fingerprint density at radius 1 is 1.06 bits per heavy atom. The molecule has 4 heteroatoms. The fourth-order valence-electron chi connectivity index (χ4n) is 2.86. The second kappa shape index (κ2) is 6.21. The third-order valence-corrected chi connectivity index (χ3v) is 4.14. The lowest BCUT2D eigenvalue weighted by Gasteiger charge is -2.20. The Balaban J connectivity index is 1.85. The largest absolute Gasteiger partial charge is 0.481 e. The third-order valence-electron chi connectivity index (χ3n) is 4.14. The Labute approximate surface area is 108 Å². The first-order valence-corrected chi connectivity index (χ1v) is 7.19. The van der Waals surface area contributed by atoms with Gasteiger partial charge in [-0.15, -0.1) is 0 Å². The highest BCUT2D eigenvalue weighted by Gasteiger charge is 2.34. The number of hydrogen-bond donors (Lipinski definition) is 2. The molecule has 2 aliphatic carbocycles. The lowest BCUT2D eigenvalue weighted by molar-refractivity contribution is -0.138. The molecular weight excluding hydrogens is 230 g/mol. The molecule has 0 aliphatic heterocycles. The summed E-state index contributed by atoms with van der Waals surface area (Å²) in [4.78, 5) is 23.0. The fraction of sp³-hybridized carbons (Fsp3) is 0.857. The van der Waals surface area contributed by atoms with Crippen molar-refractivity contribution in [3.63, 3.8) is 0 Å². The zero-order valence-corrected chi connectivity index (χ0v) is 10.9. The molecule has 0 spiro atoms. The van der Waals surface area contributed by atoms with E-state index in [1.54, 1.807) is 0 Å². The SMILES string of the molecule is O=C(O)C[C@H](NC(=O)C1CCCCCC1)C1CC1. The van der Waals surface area contributed by atoms with Crippen LogP contribution in [0.5, 0.6) is 0 Å². The summed E-state index contributed by atoms with van der Waals surface area (Å²) < 4.78 is 0. The van der Waals surface area contributed by atoms with E-state index < -0.39 is 5.97 Å². The molecule has 0 heterocycles. The molecule has 0 aromatic carbocycles. The fourth-order valence-corrected chi connectivity index (χ4v) is 2.86. The molecule has 2 aliphatic rings. The van der Waals surface area contributed by atoms with Crippen LogP contribution < -0.4 is 5.32 Å². The highest BCUT2D eigenvalue weighted by molar-refractivity contribution is 5.79. The van der Waals surface area contributed by atoms with E-state index in [9.17, 15) is 9.59 Å². The van der Waals surface area contributed by atoms with E-state index in [2.05, 4.69) is 5.32 Å². The number of aliphatic carboxylic acids is 1. The van der Waals surface area contributed by atoms with Gasteiger partial charge in [0.05, 0.1) is 6.42 Å². The maximum atomic E-state index is 12.2. The highest BCUT2D eigenvalue weighted by atomic mass is 16.4. The van der Waals surface area contributed by atoms with Crippen LogP contribution >= 0.6 is 0 Å². The van der Waals surface area contributed by atoms with Crippen molar-refractivity contribution in [2.45, 2.75) is 63.8 Å². The van der Waals surface area contributed by atoms with Gasteiger partial charge in [0.25, 0.3) is 0 Å². The molecule has 0 radical (unpaired) electrons. The van der Waals surface area contributed by atoms with Gasteiger partial charge in [0, 0.05) is 12.0 Å². The number of hydrogen-bond acceptors (Lipinski definition) is 2. The zero-order chi connectivity index (χ0) is 13.0. The monoisotopic (exact) mass is 253 g/mol. The molecule has 0 bridgehead atoms. The summed E-state index contributed by atoms with van der Waals surface area (Å²) in [6, 6.07) is -0.141. The lowest BCUT2D eigenvalue weighted by Crippen LogP contribution is -2.41. The minimum Gasteiger partial charge on any atom is -0.481 e. The van der Waals surface area contributed by atoms with Gasteiger partial charge in [0.2, 0.25) is 5.91 Å². The van der Waals surface area contributed by atoms with E-state index in [1.165, 1.54) is 12.8 Å². The van der Waals surface area contributed by atoms with Gasteiger partial charge >= 0.3 is 5.97 Å². The number of amides is 1. The van der Waals surface area contributed by atoms with Gasteiger partial charge in [0.1, 0.15) is 0 Å². The molecule has 2 fully saturated rings. The average Bonchev–Trinajstić information content (AvgIpc) is 3.15. The summed E-state index contributed by atoms with van der Waals surface area (Å²) >= 11 is 0. The van der Waals surface area contributed by atoms with Crippen LogP contribution in [0.2, 0.25) is 0 Å². The van der Waals surface area contributed by atoms with Gasteiger partial charge in [-0.05, 0) is 31.6 Å². The van der Waals surface area contributed by atoms with Crippen LogP contribution in [0.3, 0.4) is 0 Å². The molecular formula is C14H23NO3. The quantitative estimate of drug-likeness (QED) is 0.739. The molecule has 2 rings (SSSR count). The van der Waals surface area contributed by atoms with Gasteiger partial charge in [-0.3, -0.25) is 9.59 Å². The van der Waals surface area contributed by atoms with Crippen LogP contribution in [0, 0.1) is 11.8 Å². The van der Waals surface area contributed by atoms with Crippen LogP contribution in [-0.2, 0) is 9.59 Å². The van der Waals surface area contributed by atoms with Gasteiger partial charge in [0.15, 0.2) is 0 Å². The third kappa shape index (κ3) is 4.00. The molecule has 0 unspecified atom stereocenters. The molecule has 0 aromatic rings. The van der Waals surface area contributed by atoms with Crippen molar-refractivity contribution < 1.29 is 14.7 Å². The summed E-state index contributed by atoms with van der Waals surface area (Å²) in [5.41, 5.74) is 0. The molecule has 1 amide bonds. The lowest BCUT2D eigenvalue weighted by atomic mass is 9.98. The number of carboxylic acid groups (broad SMARTS) is 1. The first kappa shape index (κ1) is 13.4. The maximum Gasteiger partial charge on any atom is 0.305 e. The Hall–Kier alpha value is -1.06. The van der Waals surface area contributed by atoms with Crippen molar-refractivity contribution in [2.75, 3.05) is 0 Å². The van der Waals surface area contributed by atoms with Crippen LogP contribution in [0.4, 0.5) is 0 Å². The summed E-state index contributed by atoms with van der Waals surface area (Å²) in [5.74, 6) is -0.207. The van der Waals surface area contributed by atoms with E-state index in [0.29, 0.717) is 5.92 Å². The van der Waals surface area contributed by atoms with Crippen LogP contribution in [0.15, 0.2) is 0 Å². The normalized spacial score (nSPS) is 23.1. The first-order chi connectivity index (χ1) is 8.66. The van der Waals surface area contributed by atoms with Crippen molar-refractivity contribution >= 4 is 11.9 Å². The predicted octanol–water partition coefficient (Wildman–Crippen LogP) is 2.33. The molecule has 2 saturated carbocycles. The molecule has 1 atom stereocenters. The van der Waals surface area contributed by atoms with Crippen molar-refractivity contribution in [1.82, 2.24) is 5.32 Å². The zero-order valence-electron chi connectivity index (χ0n) is 10.9. The standard InChI is InChI=1S/C14H23NO3/c16-13(17)9-12(10-7-8-10)15-14(18)11-5-3-1-2-4-6-11/h10-12H,1-9H2,(H,15,18)(H,16,17)/t12-/m0/s1. The highest BCUT2D eigenvalue weighted by Crippen LogP contribution is 2.34. The van der Waals surface area contributed by atoms with Gasteiger partial charge < -0.3 is 10.4 Å². The number of nitrogens with one attached hydrogen (secondary N) is 1. The second-order valence-corrected chi connectivity index (χ2v) is 5.74. The molecule has 0 saturated heterocycles. The van der Waals surface area contributed by atoms with E-state index in [1.807, 2.05) is 0 Å². The summed E-state index contributed by atoms with van der Waals surface area (Å²) in [6.07, 6.45) is 8.84. The van der Waals surface area contributed by atoms with Gasteiger partial charge in [-0.2, -0.15) is 0 Å². The number of rotatable bonds is 5. The van der Waals surface area contributed by atoms with E-state index >= 15 is 0 Å². The van der Waals surface area contributed by atoms with Gasteiger partial charge in [-0.25, -0.2) is 0 Å². The Kier molecular flexibility index (Phi) is 4.61. The van der Waals surface area contributed by atoms with Gasteiger partial charge in [-0.1, -0.05) is 25.7 Å². The Bertz CT molecular complexity index is 304. The van der Waals surface area contributed by atoms with Crippen molar-refractivity contribution in [2.24, 2.45) is 11.8 Å². The predicted molar refractivity (Wildman–Crippen MR) is 68.1 cm³/mol. The number of carbonyl (C=O) groups is 2. The topological polar surface area (TPSA) is 66.4 Å². The van der Waals surface area contributed by atoms with Crippen LogP contribution in [0.1, 0.15) is 57.8 Å². The number of carboxylic acids is 1. The smallest absolute Gasteiger partial charge is 0.305 e. The van der Waals surface area contributed by atoms with Crippen LogP contribution in [0.25, 0.3) is 0 Å². The number of carbonyl (C=O) groups excluding carboxylic acids is 1. The molecule has 102 valence electrons. The van der Waals surface area contributed by atoms with Crippen LogP contribution in [-0.4, -0.2) is 23.0 Å². The summed E-state index contributed by atoms with van der Waals surface area (Å²) in [5, 5.41) is 11.9. The van der Waals surface area contributed by atoms with E-state index in [0.717, 1.165) is 38.5 Å². The molecule has 0 aromatic heterocycles. The minimum absolute atomic E-state index is 0.0725. The van der Waals surface area contributed by atoms with Crippen molar-refractivity contribution in [1.29, 1.82) is 0 Å².